The fraction of sp³-hybridized carbons (Fsp3) is 0.316. The molecule has 1 N–H and O–H groups in total. The van der Waals surface area contributed by atoms with Crippen molar-refractivity contribution in [1.82, 2.24) is 0 Å². The van der Waals surface area contributed by atoms with Crippen LogP contribution in [-0.4, -0.2) is 5.91 Å². The average molecular weight is 315 g/mol. The molecule has 122 valence electrons. The first-order valence-electron chi connectivity index (χ1n) is 7.69. The molecule has 0 aliphatic heterocycles. The van der Waals surface area contributed by atoms with E-state index < -0.39 is 5.41 Å². The van der Waals surface area contributed by atoms with Crippen LogP contribution in [0.4, 0.5) is 10.1 Å². The van der Waals surface area contributed by atoms with E-state index in [4.69, 9.17) is 4.74 Å². The summed E-state index contributed by atoms with van der Waals surface area (Å²) in [6.07, 6.45) is 0.763. The number of benzene rings is 2. The Morgan fingerprint density at radius 2 is 1.87 bits per heavy atom. The van der Waals surface area contributed by atoms with E-state index in [0.717, 1.165) is 12.0 Å². The number of nitrogens with one attached hydrogen (secondary N) is 1. The van der Waals surface area contributed by atoms with Crippen molar-refractivity contribution in [2.75, 3.05) is 5.32 Å². The summed E-state index contributed by atoms with van der Waals surface area (Å²) < 4.78 is 18.6. The molecule has 0 heterocycles. The normalized spacial score (nSPS) is 11.1. The summed E-state index contributed by atoms with van der Waals surface area (Å²) in [5.41, 5.74) is 1.17. The van der Waals surface area contributed by atoms with Gasteiger partial charge in [-0.15, -0.1) is 0 Å². The lowest BCUT2D eigenvalue weighted by Crippen LogP contribution is -2.29. The first-order valence-corrected chi connectivity index (χ1v) is 7.69. The SMILES string of the molecule is CCC(C)(C)C(=O)Nc1cccc(OCc2ccc(F)cc2)c1. The van der Waals surface area contributed by atoms with Crippen LogP contribution in [0.25, 0.3) is 0 Å². The number of carbonyl (C=O) groups excluding carboxylic acids is 1. The first kappa shape index (κ1) is 17.0. The highest BCUT2D eigenvalue weighted by Gasteiger charge is 2.25. The summed E-state index contributed by atoms with van der Waals surface area (Å²) in [6.45, 7) is 6.16. The second-order valence-corrected chi connectivity index (χ2v) is 6.13. The van der Waals surface area contributed by atoms with Crippen LogP contribution < -0.4 is 10.1 Å². The molecule has 0 aliphatic rings. The molecule has 1 amide bonds. The number of amides is 1. The summed E-state index contributed by atoms with van der Waals surface area (Å²) in [4.78, 5) is 12.2. The monoisotopic (exact) mass is 315 g/mol. The summed E-state index contributed by atoms with van der Waals surface area (Å²) in [7, 11) is 0. The minimum atomic E-state index is -0.412. The second kappa shape index (κ2) is 7.27. The van der Waals surface area contributed by atoms with Crippen molar-refractivity contribution < 1.29 is 13.9 Å². The van der Waals surface area contributed by atoms with Crippen LogP contribution in [0.1, 0.15) is 32.8 Å². The molecule has 2 aromatic carbocycles. The van der Waals surface area contributed by atoms with E-state index in [2.05, 4.69) is 5.32 Å². The molecule has 0 bridgehead atoms. The van der Waals surface area contributed by atoms with Crippen molar-refractivity contribution >= 4 is 11.6 Å². The van der Waals surface area contributed by atoms with Gasteiger partial charge in [0.1, 0.15) is 18.2 Å². The lowest BCUT2D eigenvalue weighted by molar-refractivity contribution is -0.124. The molecule has 0 aliphatic carbocycles. The Morgan fingerprint density at radius 3 is 2.52 bits per heavy atom. The van der Waals surface area contributed by atoms with Crippen molar-refractivity contribution in [1.29, 1.82) is 0 Å². The summed E-state index contributed by atoms with van der Waals surface area (Å²) >= 11 is 0. The zero-order valence-corrected chi connectivity index (χ0v) is 13.7. The second-order valence-electron chi connectivity index (χ2n) is 6.13. The lowest BCUT2D eigenvalue weighted by Gasteiger charge is -2.21. The average Bonchev–Trinajstić information content (AvgIpc) is 2.54. The number of hydrogen-bond donors (Lipinski definition) is 1. The van der Waals surface area contributed by atoms with Gasteiger partial charge in [0.25, 0.3) is 0 Å². The maximum atomic E-state index is 12.9. The fourth-order valence-electron chi connectivity index (χ4n) is 1.87. The number of ether oxygens (including phenoxy) is 1. The van der Waals surface area contributed by atoms with E-state index in [0.29, 0.717) is 18.0 Å². The van der Waals surface area contributed by atoms with Gasteiger partial charge in [0.2, 0.25) is 5.91 Å². The zero-order valence-electron chi connectivity index (χ0n) is 13.7. The van der Waals surface area contributed by atoms with E-state index in [1.807, 2.05) is 39.0 Å². The minimum Gasteiger partial charge on any atom is -0.489 e. The van der Waals surface area contributed by atoms with E-state index in [-0.39, 0.29) is 11.7 Å². The van der Waals surface area contributed by atoms with E-state index in [9.17, 15) is 9.18 Å². The number of carbonyl (C=O) groups is 1. The Hall–Kier alpha value is -2.36. The highest BCUT2D eigenvalue weighted by molar-refractivity contribution is 5.94. The highest BCUT2D eigenvalue weighted by atomic mass is 19.1. The Labute approximate surface area is 136 Å². The third-order valence-electron chi connectivity index (χ3n) is 3.91. The molecule has 0 spiro atoms. The highest BCUT2D eigenvalue weighted by Crippen LogP contribution is 2.24. The van der Waals surface area contributed by atoms with Crippen molar-refractivity contribution in [2.24, 2.45) is 5.41 Å². The van der Waals surface area contributed by atoms with Gasteiger partial charge in [-0.2, -0.15) is 0 Å². The molecule has 0 radical (unpaired) electrons. The van der Waals surface area contributed by atoms with Gasteiger partial charge >= 0.3 is 0 Å². The first-order chi connectivity index (χ1) is 10.9. The summed E-state index contributed by atoms with van der Waals surface area (Å²) in [5.74, 6) is 0.370. The molecule has 3 nitrogen and oxygen atoms in total. The van der Waals surface area contributed by atoms with Crippen LogP contribution in [-0.2, 0) is 11.4 Å². The third kappa shape index (κ3) is 4.81. The van der Waals surface area contributed by atoms with E-state index >= 15 is 0 Å². The van der Waals surface area contributed by atoms with Gasteiger partial charge in [0, 0.05) is 17.2 Å². The Bertz CT molecular complexity index is 665. The Balaban J connectivity index is 1.99. The molecule has 0 saturated carbocycles. The standard InChI is InChI=1S/C19H22FNO2/c1-4-19(2,3)18(22)21-16-6-5-7-17(12-16)23-13-14-8-10-15(20)11-9-14/h5-12H,4,13H2,1-3H3,(H,21,22). The van der Waals surface area contributed by atoms with Crippen molar-refractivity contribution in [3.05, 3.63) is 59.9 Å². The van der Waals surface area contributed by atoms with Gasteiger partial charge in [-0.3, -0.25) is 4.79 Å². The molecule has 0 saturated heterocycles. The van der Waals surface area contributed by atoms with Gasteiger partial charge in [-0.1, -0.05) is 39.0 Å². The predicted octanol–water partition coefficient (Wildman–Crippen LogP) is 4.78. The van der Waals surface area contributed by atoms with Gasteiger partial charge in [-0.05, 0) is 36.2 Å². The molecular formula is C19H22FNO2. The topological polar surface area (TPSA) is 38.3 Å². The molecule has 4 heteroatoms. The van der Waals surface area contributed by atoms with E-state index in [1.54, 1.807) is 18.2 Å². The maximum absolute atomic E-state index is 12.9. The summed E-state index contributed by atoms with van der Waals surface area (Å²) in [5, 5.41) is 2.91. The predicted molar refractivity (Wildman–Crippen MR) is 89.9 cm³/mol. The van der Waals surface area contributed by atoms with Gasteiger partial charge < -0.3 is 10.1 Å². The lowest BCUT2D eigenvalue weighted by atomic mass is 9.89. The van der Waals surface area contributed by atoms with Crippen molar-refractivity contribution in [3.63, 3.8) is 0 Å². The smallest absolute Gasteiger partial charge is 0.230 e. The largest absolute Gasteiger partial charge is 0.489 e. The molecule has 2 aromatic rings. The van der Waals surface area contributed by atoms with Crippen LogP contribution in [0.2, 0.25) is 0 Å². The molecule has 23 heavy (non-hydrogen) atoms. The van der Waals surface area contributed by atoms with Crippen LogP contribution >= 0.6 is 0 Å². The van der Waals surface area contributed by atoms with Crippen molar-refractivity contribution in [2.45, 2.75) is 33.8 Å². The van der Waals surface area contributed by atoms with Gasteiger partial charge in [0.05, 0.1) is 0 Å². The van der Waals surface area contributed by atoms with Gasteiger partial charge in [-0.25, -0.2) is 4.39 Å². The number of halogens is 1. The van der Waals surface area contributed by atoms with Crippen LogP contribution in [0.15, 0.2) is 48.5 Å². The molecule has 2 rings (SSSR count). The maximum Gasteiger partial charge on any atom is 0.230 e. The third-order valence-corrected chi connectivity index (χ3v) is 3.91. The molecule has 0 atom stereocenters. The van der Waals surface area contributed by atoms with Crippen LogP contribution in [0.3, 0.4) is 0 Å². The van der Waals surface area contributed by atoms with Crippen LogP contribution in [0.5, 0.6) is 5.75 Å². The molecular weight excluding hydrogens is 293 g/mol. The van der Waals surface area contributed by atoms with Crippen molar-refractivity contribution in [3.8, 4) is 5.75 Å². The van der Waals surface area contributed by atoms with E-state index in [1.165, 1.54) is 12.1 Å². The minimum absolute atomic E-state index is 0.0179. The fourth-order valence-corrected chi connectivity index (χ4v) is 1.87. The molecule has 0 fully saturated rings. The van der Waals surface area contributed by atoms with Crippen LogP contribution in [0, 0.1) is 11.2 Å². The molecule has 0 unspecified atom stereocenters. The van der Waals surface area contributed by atoms with Gasteiger partial charge in [0.15, 0.2) is 0 Å². The zero-order chi connectivity index (χ0) is 16.9. The Morgan fingerprint density at radius 1 is 1.17 bits per heavy atom. The Kier molecular flexibility index (Phi) is 5.37. The number of hydrogen-bond acceptors (Lipinski definition) is 2. The quantitative estimate of drug-likeness (QED) is 0.833. The molecule has 0 aromatic heterocycles. The number of anilines is 1. The summed E-state index contributed by atoms with van der Waals surface area (Å²) in [6, 6.07) is 13.4. The number of rotatable bonds is 6.